The Labute approximate surface area is 216 Å². The molecule has 200 valence electrons. The zero-order chi connectivity index (χ0) is 27.4. The second kappa shape index (κ2) is 11.3. The Morgan fingerprint density at radius 1 is 0.892 bits per heavy atom. The highest BCUT2D eigenvalue weighted by Crippen LogP contribution is 2.40. The number of benzene rings is 3. The molecule has 0 heterocycles. The zero-order valence-corrected chi connectivity index (χ0v) is 22.4. The van der Waals surface area contributed by atoms with Crippen LogP contribution in [0.3, 0.4) is 0 Å². The van der Waals surface area contributed by atoms with Crippen molar-refractivity contribution >= 4 is 42.8 Å². The number of aryl methyl sites for hydroxylation is 1. The number of ether oxygens (including phenoxy) is 1. The molecule has 8 nitrogen and oxygen atoms in total. The number of hydrogen-bond acceptors (Lipinski definition) is 6. The van der Waals surface area contributed by atoms with Gasteiger partial charge in [-0.3, -0.25) is 9.44 Å². The Bertz CT molecular complexity index is 1490. The third-order valence-electron chi connectivity index (χ3n) is 5.36. The molecule has 0 unspecified atom stereocenters. The van der Waals surface area contributed by atoms with E-state index in [1.165, 1.54) is 57.2 Å². The standard InChI is InChI=1S/C25H29F2N3O5S2/c1-5-17-10-11-22(21(27)12-17)28-23-13-18(26)14-24(25(23)30-37(33,34)16(3)4)35-20-9-7-8-19(15-20)29-36(31,32)6-2/h7-16,28-30H,5-6H2,1-4H3. The van der Waals surface area contributed by atoms with E-state index < -0.39 is 36.9 Å². The van der Waals surface area contributed by atoms with Crippen LogP contribution in [0.2, 0.25) is 0 Å². The van der Waals surface area contributed by atoms with Crippen molar-refractivity contribution in [3.8, 4) is 11.5 Å². The summed E-state index contributed by atoms with van der Waals surface area (Å²) in [5.74, 6) is -1.63. The Morgan fingerprint density at radius 3 is 2.24 bits per heavy atom. The van der Waals surface area contributed by atoms with Crippen LogP contribution in [0.15, 0.2) is 54.6 Å². The molecule has 3 aromatic rings. The highest BCUT2D eigenvalue weighted by Gasteiger charge is 2.23. The summed E-state index contributed by atoms with van der Waals surface area (Å²) in [5, 5.41) is 1.92. The van der Waals surface area contributed by atoms with E-state index in [9.17, 15) is 25.6 Å². The van der Waals surface area contributed by atoms with Gasteiger partial charge < -0.3 is 10.1 Å². The van der Waals surface area contributed by atoms with Gasteiger partial charge in [0.25, 0.3) is 0 Å². The minimum atomic E-state index is -3.93. The Hall–Kier alpha value is -3.38. The molecular weight excluding hydrogens is 524 g/mol. The fourth-order valence-corrected chi connectivity index (χ4v) is 4.51. The second-order valence-corrected chi connectivity index (χ2v) is 12.7. The summed E-state index contributed by atoms with van der Waals surface area (Å²) < 4.78 is 89.3. The van der Waals surface area contributed by atoms with E-state index >= 15 is 0 Å². The van der Waals surface area contributed by atoms with Crippen LogP contribution >= 0.6 is 0 Å². The van der Waals surface area contributed by atoms with Crippen molar-refractivity contribution in [2.75, 3.05) is 20.5 Å². The van der Waals surface area contributed by atoms with Gasteiger partial charge in [0, 0.05) is 12.1 Å². The average Bonchev–Trinajstić information content (AvgIpc) is 2.82. The van der Waals surface area contributed by atoms with Crippen molar-refractivity contribution < 1.29 is 30.4 Å². The fourth-order valence-electron chi connectivity index (χ4n) is 3.15. The van der Waals surface area contributed by atoms with Gasteiger partial charge in [-0.1, -0.05) is 19.1 Å². The number of anilines is 4. The molecule has 12 heteroatoms. The maximum Gasteiger partial charge on any atom is 0.235 e. The first kappa shape index (κ1) is 28.2. The van der Waals surface area contributed by atoms with E-state index in [-0.39, 0.29) is 40.0 Å². The lowest BCUT2D eigenvalue weighted by Crippen LogP contribution is -2.23. The van der Waals surface area contributed by atoms with Crippen LogP contribution in [0.5, 0.6) is 11.5 Å². The molecule has 0 fully saturated rings. The first-order chi connectivity index (χ1) is 17.3. The van der Waals surface area contributed by atoms with E-state index in [1.807, 2.05) is 6.92 Å². The van der Waals surface area contributed by atoms with Crippen LogP contribution in [0.1, 0.15) is 33.3 Å². The highest BCUT2D eigenvalue weighted by atomic mass is 32.2. The molecule has 0 aliphatic rings. The second-order valence-electron chi connectivity index (χ2n) is 8.45. The molecule has 0 spiro atoms. The van der Waals surface area contributed by atoms with Gasteiger partial charge >= 0.3 is 0 Å². The van der Waals surface area contributed by atoms with Crippen molar-refractivity contribution in [2.45, 2.75) is 39.4 Å². The van der Waals surface area contributed by atoms with Gasteiger partial charge in [-0.2, -0.15) is 0 Å². The maximum atomic E-state index is 14.7. The molecule has 0 amide bonds. The molecule has 0 aromatic heterocycles. The van der Waals surface area contributed by atoms with Crippen LogP contribution in [0.4, 0.5) is 31.5 Å². The van der Waals surface area contributed by atoms with E-state index in [4.69, 9.17) is 4.74 Å². The van der Waals surface area contributed by atoms with Gasteiger partial charge in [-0.15, -0.1) is 0 Å². The number of sulfonamides is 2. The van der Waals surface area contributed by atoms with E-state index in [0.29, 0.717) is 6.42 Å². The van der Waals surface area contributed by atoms with E-state index in [2.05, 4.69) is 14.8 Å². The summed E-state index contributed by atoms with van der Waals surface area (Å²) >= 11 is 0. The van der Waals surface area contributed by atoms with Crippen LogP contribution in [0, 0.1) is 11.6 Å². The molecule has 0 saturated heterocycles. The summed E-state index contributed by atoms with van der Waals surface area (Å²) in [7, 11) is -7.49. The minimum Gasteiger partial charge on any atom is -0.455 e. The number of nitrogens with one attached hydrogen (secondary N) is 3. The molecule has 0 aliphatic heterocycles. The van der Waals surface area contributed by atoms with Crippen LogP contribution in [-0.4, -0.2) is 27.8 Å². The largest absolute Gasteiger partial charge is 0.455 e. The molecule has 3 aromatic carbocycles. The molecule has 0 atom stereocenters. The van der Waals surface area contributed by atoms with Crippen LogP contribution in [-0.2, 0) is 26.5 Å². The fraction of sp³-hybridized carbons (Fsp3) is 0.280. The number of halogens is 2. The van der Waals surface area contributed by atoms with Gasteiger partial charge in [-0.25, -0.2) is 25.6 Å². The van der Waals surface area contributed by atoms with Crippen LogP contribution < -0.4 is 19.5 Å². The predicted molar refractivity (Wildman–Crippen MR) is 143 cm³/mol. The van der Waals surface area contributed by atoms with Gasteiger partial charge in [0.1, 0.15) is 23.1 Å². The number of rotatable bonds is 11. The lowest BCUT2D eigenvalue weighted by molar-refractivity contribution is 0.479. The molecule has 3 N–H and O–H groups in total. The quantitative estimate of drug-likeness (QED) is 0.269. The Kier molecular flexibility index (Phi) is 8.64. The van der Waals surface area contributed by atoms with Gasteiger partial charge in [0.2, 0.25) is 20.0 Å². The van der Waals surface area contributed by atoms with Crippen molar-refractivity contribution in [3.05, 3.63) is 71.8 Å². The summed E-state index contributed by atoms with van der Waals surface area (Å²) in [6.07, 6.45) is 0.613. The molecule has 0 bridgehead atoms. The smallest absolute Gasteiger partial charge is 0.235 e. The Morgan fingerprint density at radius 2 is 1.62 bits per heavy atom. The van der Waals surface area contributed by atoms with Gasteiger partial charge in [0.15, 0.2) is 5.75 Å². The monoisotopic (exact) mass is 553 g/mol. The molecule has 0 aliphatic carbocycles. The third-order valence-corrected chi connectivity index (χ3v) is 8.39. The first-order valence-electron chi connectivity index (χ1n) is 11.5. The predicted octanol–water partition coefficient (Wildman–Crippen LogP) is 5.97. The van der Waals surface area contributed by atoms with Gasteiger partial charge in [0.05, 0.1) is 28.1 Å². The van der Waals surface area contributed by atoms with Crippen molar-refractivity contribution in [1.82, 2.24) is 0 Å². The topological polar surface area (TPSA) is 114 Å². The molecule has 0 saturated carbocycles. The summed E-state index contributed by atoms with van der Waals surface area (Å²) in [6, 6.07) is 12.4. The third kappa shape index (κ3) is 7.32. The average molecular weight is 554 g/mol. The molecule has 0 radical (unpaired) electrons. The van der Waals surface area contributed by atoms with Crippen molar-refractivity contribution in [1.29, 1.82) is 0 Å². The first-order valence-corrected chi connectivity index (χ1v) is 14.7. The van der Waals surface area contributed by atoms with E-state index in [0.717, 1.165) is 17.7 Å². The lowest BCUT2D eigenvalue weighted by Gasteiger charge is -2.20. The highest BCUT2D eigenvalue weighted by molar-refractivity contribution is 7.93. The summed E-state index contributed by atoms with van der Waals surface area (Å²) in [5.41, 5.74) is 0.746. The van der Waals surface area contributed by atoms with Crippen LogP contribution in [0.25, 0.3) is 0 Å². The van der Waals surface area contributed by atoms with E-state index in [1.54, 1.807) is 6.07 Å². The normalized spacial score (nSPS) is 11.9. The molecular formula is C25H29F2N3O5S2. The zero-order valence-electron chi connectivity index (χ0n) is 20.8. The lowest BCUT2D eigenvalue weighted by atomic mass is 10.1. The summed E-state index contributed by atoms with van der Waals surface area (Å²) in [4.78, 5) is 0. The molecule has 37 heavy (non-hydrogen) atoms. The Balaban J connectivity index is 2.09. The SMILES string of the molecule is CCc1ccc(Nc2cc(F)cc(Oc3cccc(NS(=O)(=O)CC)c3)c2NS(=O)(=O)C(C)C)c(F)c1. The minimum absolute atomic E-state index is 0.00899. The van der Waals surface area contributed by atoms with Gasteiger partial charge in [-0.05, 0) is 63.1 Å². The molecule has 3 rings (SSSR count). The summed E-state index contributed by atoms with van der Waals surface area (Å²) in [6.45, 7) is 6.28. The number of hydrogen-bond donors (Lipinski definition) is 3. The van der Waals surface area contributed by atoms with Crippen molar-refractivity contribution in [3.63, 3.8) is 0 Å². The van der Waals surface area contributed by atoms with Crippen molar-refractivity contribution in [2.24, 2.45) is 0 Å². The maximum absolute atomic E-state index is 14.7.